The molecule has 1 aromatic rings. The average molecular weight is 264 g/mol. The van der Waals surface area contributed by atoms with Crippen LogP contribution in [0.15, 0.2) is 29.4 Å². The molecule has 0 spiro atoms. The van der Waals surface area contributed by atoms with Gasteiger partial charge >= 0.3 is 0 Å². The molecule has 6 heteroatoms. The topological polar surface area (TPSA) is 59.9 Å². The molecule has 0 saturated carbocycles. The maximum absolute atomic E-state index is 9.15. The van der Waals surface area contributed by atoms with Crippen molar-refractivity contribution in [3.05, 3.63) is 29.8 Å². The number of phenolic OH excluding ortho intramolecular Hbond substituents is 1. The van der Waals surface area contributed by atoms with Gasteiger partial charge < -0.3 is 15.3 Å². The van der Waals surface area contributed by atoms with Crippen molar-refractivity contribution in [3.63, 3.8) is 0 Å². The summed E-state index contributed by atoms with van der Waals surface area (Å²) in [7, 11) is 0. The van der Waals surface area contributed by atoms with Crippen LogP contribution in [0.25, 0.3) is 0 Å². The van der Waals surface area contributed by atoms with Crippen molar-refractivity contribution >= 4 is 23.5 Å². The van der Waals surface area contributed by atoms with Crippen LogP contribution in [0.2, 0.25) is 0 Å². The highest BCUT2D eigenvalue weighted by molar-refractivity contribution is 7.80. The quantitative estimate of drug-likeness (QED) is 0.413. The number of piperazine rings is 1. The fourth-order valence-corrected chi connectivity index (χ4v) is 1.90. The third kappa shape index (κ3) is 3.68. The van der Waals surface area contributed by atoms with Gasteiger partial charge in [0.15, 0.2) is 5.11 Å². The summed E-state index contributed by atoms with van der Waals surface area (Å²) in [6, 6.07) is 6.81. The van der Waals surface area contributed by atoms with Crippen LogP contribution in [0.3, 0.4) is 0 Å². The van der Waals surface area contributed by atoms with Gasteiger partial charge in [-0.2, -0.15) is 5.10 Å². The summed E-state index contributed by atoms with van der Waals surface area (Å²) in [5.74, 6) is 0.247. The van der Waals surface area contributed by atoms with Crippen LogP contribution in [-0.2, 0) is 0 Å². The number of hydrogen-bond acceptors (Lipinski definition) is 4. The Labute approximate surface area is 111 Å². The second-order valence-electron chi connectivity index (χ2n) is 4.00. The van der Waals surface area contributed by atoms with Crippen molar-refractivity contribution in [2.24, 2.45) is 5.10 Å². The molecule has 1 saturated heterocycles. The lowest BCUT2D eigenvalue weighted by Gasteiger charge is -2.28. The molecule has 0 aliphatic carbocycles. The molecular weight excluding hydrogens is 248 g/mol. The molecule has 0 unspecified atom stereocenters. The van der Waals surface area contributed by atoms with Gasteiger partial charge in [0, 0.05) is 26.2 Å². The molecule has 0 aromatic heterocycles. The van der Waals surface area contributed by atoms with Crippen molar-refractivity contribution in [2.45, 2.75) is 0 Å². The minimum absolute atomic E-state index is 0.247. The number of phenols is 1. The van der Waals surface area contributed by atoms with Gasteiger partial charge in [0.05, 0.1) is 6.21 Å². The van der Waals surface area contributed by atoms with E-state index in [2.05, 4.69) is 20.7 Å². The maximum atomic E-state index is 9.15. The van der Waals surface area contributed by atoms with Gasteiger partial charge in [0.2, 0.25) is 0 Å². The number of benzene rings is 1. The smallest absolute Gasteiger partial charge is 0.189 e. The average Bonchev–Trinajstić information content (AvgIpc) is 2.42. The Balaban J connectivity index is 1.83. The summed E-state index contributed by atoms with van der Waals surface area (Å²) in [6.45, 7) is 3.70. The molecule has 18 heavy (non-hydrogen) atoms. The number of nitrogens with one attached hydrogen (secondary N) is 2. The van der Waals surface area contributed by atoms with Crippen molar-refractivity contribution in [1.82, 2.24) is 15.6 Å². The van der Waals surface area contributed by atoms with Crippen molar-refractivity contribution < 1.29 is 5.11 Å². The fourth-order valence-electron chi connectivity index (χ4n) is 1.66. The van der Waals surface area contributed by atoms with E-state index >= 15 is 0 Å². The molecule has 1 heterocycles. The predicted molar refractivity (Wildman–Crippen MR) is 75.9 cm³/mol. The first kappa shape index (κ1) is 12.8. The molecule has 96 valence electrons. The second kappa shape index (κ2) is 6.32. The highest BCUT2D eigenvalue weighted by atomic mass is 32.1. The molecule has 1 fully saturated rings. The van der Waals surface area contributed by atoms with Crippen LogP contribution in [0.1, 0.15) is 5.56 Å². The number of hydrogen-bond donors (Lipinski definition) is 3. The lowest BCUT2D eigenvalue weighted by molar-refractivity contribution is 0.353. The Kier molecular flexibility index (Phi) is 4.49. The van der Waals surface area contributed by atoms with Crippen LogP contribution in [0.4, 0.5) is 0 Å². The van der Waals surface area contributed by atoms with E-state index in [9.17, 15) is 0 Å². The predicted octanol–water partition coefficient (Wildman–Crippen LogP) is 0.506. The highest BCUT2D eigenvalue weighted by Gasteiger charge is 2.11. The van der Waals surface area contributed by atoms with Gasteiger partial charge in [-0.15, -0.1) is 0 Å². The molecule has 1 aromatic carbocycles. The van der Waals surface area contributed by atoms with Crippen molar-refractivity contribution in [2.75, 3.05) is 26.2 Å². The van der Waals surface area contributed by atoms with E-state index in [0.29, 0.717) is 5.11 Å². The highest BCUT2D eigenvalue weighted by Crippen LogP contribution is 2.07. The molecule has 5 nitrogen and oxygen atoms in total. The third-order valence-corrected chi connectivity index (χ3v) is 3.02. The van der Waals surface area contributed by atoms with Crippen LogP contribution in [0, 0.1) is 0 Å². The van der Waals surface area contributed by atoms with E-state index in [0.717, 1.165) is 31.7 Å². The summed E-state index contributed by atoms with van der Waals surface area (Å²) in [4.78, 5) is 2.08. The number of rotatable bonds is 2. The summed E-state index contributed by atoms with van der Waals surface area (Å²) in [6.07, 6.45) is 1.67. The summed E-state index contributed by atoms with van der Waals surface area (Å²) < 4.78 is 0. The van der Waals surface area contributed by atoms with Crippen LogP contribution in [0.5, 0.6) is 5.75 Å². The van der Waals surface area contributed by atoms with E-state index in [1.807, 2.05) is 0 Å². The standard InChI is InChI=1S/C12H16N4OS/c17-11-3-1-10(2-4-11)9-14-15-12(18)16-7-5-13-6-8-16/h1-4,9,13,17H,5-8H2,(H,15,18)/b14-9+. The normalized spacial score (nSPS) is 15.9. The molecule has 0 radical (unpaired) electrons. The lowest BCUT2D eigenvalue weighted by Crippen LogP contribution is -2.49. The zero-order valence-corrected chi connectivity index (χ0v) is 10.8. The lowest BCUT2D eigenvalue weighted by atomic mass is 10.2. The summed E-state index contributed by atoms with van der Waals surface area (Å²) >= 11 is 5.24. The van der Waals surface area contributed by atoms with Gasteiger partial charge in [-0.05, 0) is 42.0 Å². The minimum atomic E-state index is 0.247. The third-order valence-electron chi connectivity index (χ3n) is 2.67. The van der Waals surface area contributed by atoms with Gasteiger partial charge in [0.25, 0.3) is 0 Å². The first-order valence-corrected chi connectivity index (χ1v) is 6.24. The Morgan fingerprint density at radius 1 is 1.33 bits per heavy atom. The zero-order valence-electron chi connectivity index (χ0n) is 9.97. The first-order valence-electron chi connectivity index (χ1n) is 5.83. The maximum Gasteiger partial charge on any atom is 0.189 e. The van der Waals surface area contributed by atoms with Gasteiger partial charge in [-0.3, -0.25) is 5.43 Å². The van der Waals surface area contributed by atoms with E-state index in [1.54, 1.807) is 30.5 Å². The Bertz CT molecular complexity index is 426. The Hall–Kier alpha value is -1.66. The first-order chi connectivity index (χ1) is 8.75. The van der Waals surface area contributed by atoms with E-state index in [-0.39, 0.29) is 5.75 Å². The molecular formula is C12H16N4OS. The van der Waals surface area contributed by atoms with E-state index in [4.69, 9.17) is 17.3 Å². The Morgan fingerprint density at radius 2 is 2.00 bits per heavy atom. The Morgan fingerprint density at radius 3 is 2.67 bits per heavy atom. The van der Waals surface area contributed by atoms with Crippen molar-refractivity contribution in [1.29, 1.82) is 0 Å². The molecule has 1 aliphatic rings. The molecule has 2 rings (SSSR count). The van der Waals surface area contributed by atoms with Crippen molar-refractivity contribution in [3.8, 4) is 5.75 Å². The van der Waals surface area contributed by atoms with Crippen LogP contribution >= 0.6 is 12.2 Å². The van der Waals surface area contributed by atoms with E-state index in [1.165, 1.54) is 0 Å². The number of hydrazone groups is 1. The number of nitrogens with zero attached hydrogens (tertiary/aromatic N) is 2. The van der Waals surface area contributed by atoms with Gasteiger partial charge in [-0.1, -0.05) is 0 Å². The number of thiocarbonyl (C=S) groups is 1. The minimum Gasteiger partial charge on any atom is -0.508 e. The van der Waals surface area contributed by atoms with Crippen LogP contribution in [-0.4, -0.2) is 47.5 Å². The monoisotopic (exact) mass is 264 g/mol. The summed E-state index contributed by atoms with van der Waals surface area (Å²) in [5.41, 5.74) is 3.76. The van der Waals surface area contributed by atoms with Gasteiger partial charge in [0.1, 0.15) is 5.75 Å². The second-order valence-corrected chi connectivity index (χ2v) is 4.39. The van der Waals surface area contributed by atoms with Crippen LogP contribution < -0.4 is 10.7 Å². The summed E-state index contributed by atoms with van der Waals surface area (Å²) in [5, 5.41) is 17.1. The largest absolute Gasteiger partial charge is 0.508 e. The SMILES string of the molecule is Oc1ccc(/C=N/NC(=S)N2CCNCC2)cc1. The zero-order chi connectivity index (χ0) is 12.8. The number of aromatic hydroxyl groups is 1. The fraction of sp³-hybridized carbons (Fsp3) is 0.333. The van der Waals surface area contributed by atoms with E-state index < -0.39 is 0 Å². The molecule has 1 aliphatic heterocycles. The molecule has 3 N–H and O–H groups in total. The molecule has 0 atom stereocenters. The molecule has 0 amide bonds. The molecule has 0 bridgehead atoms. The van der Waals surface area contributed by atoms with Gasteiger partial charge in [-0.25, -0.2) is 0 Å².